The van der Waals surface area contributed by atoms with Crippen molar-refractivity contribution >= 4 is 28.2 Å². The quantitative estimate of drug-likeness (QED) is 0.784. The summed E-state index contributed by atoms with van der Waals surface area (Å²) in [5.74, 6) is 0. The summed E-state index contributed by atoms with van der Waals surface area (Å²) in [7, 11) is 0. The standard InChI is InChI=1S/C15H12ClN3/c16-13-5-6-14(15-12(13)4-2-8-18-15)19-10-11-3-1-7-17-9-11/h1-9,19H,10H2. The summed E-state index contributed by atoms with van der Waals surface area (Å²) in [6.45, 7) is 0.709. The molecule has 1 aromatic carbocycles. The van der Waals surface area contributed by atoms with E-state index in [1.54, 1.807) is 12.4 Å². The van der Waals surface area contributed by atoms with Gasteiger partial charge in [0.2, 0.25) is 0 Å². The van der Waals surface area contributed by atoms with E-state index in [1.165, 1.54) is 0 Å². The van der Waals surface area contributed by atoms with E-state index in [0.29, 0.717) is 6.54 Å². The maximum absolute atomic E-state index is 6.17. The summed E-state index contributed by atoms with van der Waals surface area (Å²) in [4.78, 5) is 8.49. The van der Waals surface area contributed by atoms with Gasteiger partial charge in [-0.1, -0.05) is 17.7 Å². The highest BCUT2D eigenvalue weighted by atomic mass is 35.5. The highest BCUT2D eigenvalue weighted by Crippen LogP contribution is 2.28. The second-order valence-electron chi connectivity index (χ2n) is 4.21. The van der Waals surface area contributed by atoms with Crippen molar-refractivity contribution in [2.45, 2.75) is 6.54 Å². The normalized spacial score (nSPS) is 10.6. The molecule has 0 unspecified atom stereocenters. The van der Waals surface area contributed by atoms with Crippen LogP contribution in [0.3, 0.4) is 0 Å². The van der Waals surface area contributed by atoms with Crippen LogP contribution in [0, 0.1) is 0 Å². The first kappa shape index (κ1) is 11.9. The molecule has 4 heteroatoms. The molecule has 0 spiro atoms. The largest absolute Gasteiger partial charge is 0.379 e. The molecule has 0 saturated heterocycles. The summed E-state index contributed by atoms with van der Waals surface area (Å²) in [5, 5.41) is 5.05. The molecule has 0 saturated carbocycles. The average molecular weight is 270 g/mol. The van der Waals surface area contributed by atoms with Crippen LogP contribution in [0.25, 0.3) is 10.9 Å². The zero-order valence-corrected chi connectivity index (χ0v) is 10.9. The summed E-state index contributed by atoms with van der Waals surface area (Å²) >= 11 is 6.17. The van der Waals surface area contributed by atoms with Gasteiger partial charge < -0.3 is 5.32 Å². The van der Waals surface area contributed by atoms with Crippen molar-refractivity contribution in [2.75, 3.05) is 5.32 Å². The molecule has 2 aromatic heterocycles. The van der Waals surface area contributed by atoms with Crippen LogP contribution in [-0.2, 0) is 6.54 Å². The third-order valence-electron chi connectivity index (χ3n) is 2.92. The van der Waals surface area contributed by atoms with Gasteiger partial charge in [0.05, 0.1) is 16.2 Å². The van der Waals surface area contributed by atoms with Gasteiger partial charge in [0.25, 0.3) is 0 Å². The number of hydrogen-bond acceptors (Lipinski definition) is 3. The third kappa shape index (κ3) is 2.51. The van der Waals surface area contributed by atoms with Crippen LogP contribution in [0.15, 0.2) is 55.0 Å². The van der Waals surface area contributed by atoms with E-state index in [1.807, 2.05) is 42.6 Å². The molecule has 0 radical (unpaired) electrons. The van der Waals surface area contributed by atoms with Crippen molar-refractivity contribution < 1.29 is 0 Å². The lowest BCUT2D eigenvalue weighted by Gasteiger charge is -2.09. The van der Waals surface area contributed by atoms with Crippen LogP contribution in [-0.4, -0.2) is 9.97 Å². The van der Waals surface area contributed by atoms with Crippen molar-refractivity contribution in [3.05, 3.63) is 65.6 Å². The summed E-state index contributed by atoms with van der Waals surface area (Å²) < 4.78 is 0. The van der Waals surface area contributed by atoms with E-state index in [0.717, 1.165) is 27.2 Å². The van der Waals surface area contributed by atoms with Crippen molar-refractivity contribution in [3.63, 3.8) is 0 Å². The first-order valence-corrected chi connectivity index (χ1v) is 6.38. The Morgan fingerprint density at radius 1 is 1.05 bits per heavy atom. The van der Waals surface area contributed by atoms with Crippen LogP contribution in [0.5, 0.6) is 0 Å². The van der Waals surface area contributed by atoms with Crippen LogP contribution in [0.2, 0.25) is 5.02 Å². The molecule has 1 N–H and O–H groups in total. The Kier molecular flexibility index (Phi) is 3.29. The zero-order valence-electron chi connectivity index (χ0n) is 10.2. The second-order valence-corrected chi connectivity index (χ2v) is 4.62. The highest BCUT2D eigenvalue weighted by molar-refractivity contribution is 6.35. The van der Waals surface area contributed by atoms with Gasteiger partial charge >= 0.3 is 0 Å². The minimum atomic E-state index is 0.709. The average Bonchev–Trinajstić information content (AvgIpc) is 2.48. The van der Waals surface area contributed by atoms with Crippen molar-refractivity contribution in [1.29, 1.82) is 0 Å². The van der Waals surface area contributed by atoms with E-state index in [4.69, 9.17) is 11.6 Å². The van der Waals surface area contributed by atoms with Gasteiger partial charge in [0, 0.05) is 30.5 Å². The molecule has 19 heavy (non-hydrogen) atoms. The molecule has 3 rings (SSSR count). The van der Waals surface area contributed by atoms with Gasteiger partial charge in [0.15, 0.2) is 0 Å². The number of anilines is 1. The molecule has 0 bridgehead atoms. The number of nitrogens with zero attached hydrogens (tertiary/aromatic N) is 2. The minimum absolute atomic E-state index is 0.709. The fraction of sp³-hybridized carbons (Fsp3) is 0.0667. The van der Waals surface area contributed by atoms with Crippen molar-refractivity contribution in [1.82, 2.24) is 9.97 Å². The molecule has 3 aromatic rings. The Bertz CT molecular complexity index is 698. The SMILES string of the molecule is Clc1ccc(NCc2cccnc2)c2ncccc12. The predicted octanol–water partition coefficient (Wildman–Crippen LogP) is 3.90. The number of halogens is 1. The van der Waals surface area contributed by atoms with Gasteiger partial charge in [-0.2, -0.15) is 0 Å². The van der Waals surface area contributed by atoms with Gasteiger partial charge in [0.1, 0.15) is 0 Å². The van der Waals surface area contributed by atoms with Gasteiger partial charge in [-0.15, -0.1) is 0 Å². The lowest BCUT2D eigenvalue weighted by molar-refractivity contribution is 1.11. The summed E-state index contributed by atoms with van der Waals surface area (Å²) in [5.41, 5.74) is 2.99. The number of fused-ring (bicyclic) bond motifs is 1. The van der Waals surface area contributed by atoms with Gasteiger partial charge in [-0.3, -0.25) is 9.97 Å². The summed E-state index contributed by atoms with van der Waals surface area (Å²) in [6, 6.07) is 11.7. The lowest BCUT2D eigenvalue weighted by atomic mass is 10.2. The molecule has 94 valence electrons. The third-order valence-corrected chi connectivity index (χ3v) is 3.25. The molecule has 0 aliphatic rings. The van der Waals surface area contributed by atoms with E-state index >= 15 is 0 Å². The molecule has 0 fully saturated rings. The van der Waals surface area contributed by atoms with Crippen molar-refractivity contribution in [2.24, 2.45) is 0 Å². The maximum atomic E-state index is 6.17. The Morgan fingerprint density at radius 3 is 2.79 bits per heavy atom. The first-order valence-electron chi connectivity index (χ1n) is 6.00. The molecule has 0 aliphatic carbocycles. The molecular formula is C15H12ClN3. The molecule has 2 heterocycles. The molecule has 0 amide bonds. The fourth-order valence-electron chi connectivity index (χ4n) is 1.98. The van der Waals surface area contributed by atoms with E-state index in [-0.39, 0.29) is 0 Å². The van der Waals surface area contributed by atoms with Gasteiger partial charge in [-0.05, 0) is 35.9 Å². The first-order chi connectivity index (χ1) is 9.34. The smallest absolute Gasteiger partial charge is 0.0948 e. The van der Waals surface area contributed by atoms with Gasteiger partial charge in [-0.25, -0.2) is 0 Å². The van der Waals surface area contributed by atoms with E-state index in [2.05, 4.69) is 15.3 Å². The van der Waals surface area contributed by atoms with E-state index < -0.39 is 0 Å². The topological polar surface area (TPSA) is 37.8 Å². The Hall–Kier alpha value is -2.13. The monoisotopic (exact) mass is 269 g/mol. The van der Waals surface area contributed by atoms with Crippen LogP contribution >= 0.6 is 11.6 Å². The van der Waals surface area contributed by atoms with Crippen LogP contribution in [0.4, 0.5) is 5.69 Å². The fourth-order valence-corrected chi connectivity index (χ4v) is 2.20. The maximum Gasteiger partial charge on any atom is 0.0948 e. The predicted molar refractivity (Wildman–Crippen MR) is 78.3 cm³/mol. The number of aromatic nitrogens is 2. The Labute approximate surface area is 116 Å². The number of nitrogens with one attached hydrogen (secondary N) is 1. The zero-order chi connectivity index (χ0) is 13.1. The second kappa shape index (κ2) is 5.24. The Morgan fingerprint density at radius 2 is 1.95 bits per heavy atom. The highest BCUT2D eigenvalue weighted by Gasteiger charge is 2.05. The number of pyridine rings is 2. The van der Waals surface area contributed by atoms with Crippen molar-refractivity contribution in [3.8, 4) is 0 Å². The minimum Gasteiger partial charge on any atom is -0.379 e. The number of rotatable bonds is 3. The van der Waals surface area contributed by atoms with Crippen LogP contribution in [0.1, 0.15) is 5.56 Å². The molecular weight excluding hydrogens is 258 g/mol. The molecule has 0 aliphatic heterocycles. The molecule has 3 nitrogen and oxygen atoms in total. The number of benzene rings is 1. The van der Waals surface area contributed by atoms with E-state index in [9.17, 15) is 0 Å². The Balaban J connectivity index is 1.91. The molecule has 0 atom stereocenters. The number of hydrogen-bond donors (Lipinski definition) is 1. The van der Waals surface area contributed by atoms with Crippen LogP contribution < -0.4 is 5.32 Å². The summed E-state index contributed by atoms with van der Waals surface area (Å²) in [6.07, 6.45) is 5.38. The lowest BCUT2D eigenvalue weighted by Crippen LogP contribution is -2.00.